The minimum Gasteiger partial charge on any atom is -0.418 e. The van der Waals surface area contributed by atoms with Crippen molar-refractivity contribution in [1.29, 1.82) is 0 Å². The van der Waals surface area contributed by atoms with Crippen molar-refractivity contribution in [3.05, 3.63) is 96.6 Å². The molecule has 1 saturated heterocycles. The van der Waals surface area contributed by atoms with Crippen LogP contribution in [0, 0.1) is 0 Å². The van der Waals surface area contributed by atoms with Crippen LogP contribution in [0.25, 0.3) is 53.9 Å². The molecule has 0 N–H and O–H groups in total. The predicted molar refractivity (Wildman–Crippen MR) is 153 cm³/mol. The van der Waals surface area contributed by atoms with Crippen LogP contribution in [-0.2, 0) is 4.43 Å². The van der Waals surface area contributed by atoms with Gasteiger partial charge in [-0.05, 0) is 95.8 Å². The minimum absolute atomic E-state index is 0.124. The largest absolute Gasteiger partial charge is 0.418 e. The van der Waals surface area contributed by atoms with Gasteiger partial charge in [-0.1, -0.05) is 67.2 Å². The summed E-state index contributed by atoms with van der Waals surface area (Å²) in [7, 11) is -0.591. The molecule has 1 aliphatic rings. The molecule has 2 atom stereocenters. The molecular weight excluding hydrogens is 449 g/mol. The van der Waals surface area contributed by atoms with Crippen LogP contribution in [-0.4, -0.2) is 26.1 Å². The molecule has 4 heteroatoms. The van der Waals surface area contributed by atoms with Crippen molar-refractivity contribution < 1.29 is 4.43 Å². The second-order valence-electron chi connectivity index (χ2n) is 9.66. The highest BCUT2D eigenvalue weighted by atomic mass is 29.5. The lowest BCUT2D eigenvalue weighted by Crippen LogP contribution is -2.35. The second kappa shape index (κ2) is 7.64. The summed E-state index contributed by atoms with van der Waals surface area (Å²) >= 11 is 0. The average Bonchev–Trinajstić information content (AvgIpc) is 2.85. The lowest BCUT2D eigenvalue weighted by atomic mass is 9.90. The van der Waals surface area contributed by atoms with Crippen LogP contribution in [0.15, 0.2) is 91.0 Å². The van der Waals surface area contributed by atoms with Crippen LogP contribution in [0.5, 0.6) is 0 Å². The first-order valence-electron chi connectivity index (χ1n) is 12.1. The maximum Gasteiger partial charge on any atom is 0.153 e. The maximum absolute atomic E-state index is 6.75. The predicted octanol–water partition coefficient (Wildman–Crippen LogP) is 6.05. The van der Waals surface area contributed by atoms with Crippen LogP contribution in [0.4, 0.5) is 0 Å². The third-order valence-electron chi connectivity index (χ3n) is 7.52. The Morgan fingerprint density at radius 1 is 0.636 bits per heavy atom. The Morgan fingerprint density at radius 3 is 2.06 bits per heavy atom. The SMILES string of the molecule is C[SiH]1OC(c2c3ccccc3cc3c2ccc2cc4cc5ccccc5cc4cc23)C[SiH2][SiH2]1. The van der Waals surface area contributed by atoms with Crippen LogP contribution in [0.1, 0.15) is 11.7 Å². The summed E-state index contributed by atoms with van der Waals surface area (Å²) in [6, 6.07) is 35.5. The van der Waals surface area contributed by atoms with Gasteiger partial charge in [0.15, 0.2) is 8.56 Å². The average molecular weight is 475 g/mol. The van der Waals surface area contributed by atoms with Gasteiger partial charge in [-0.15, -0.1) is 0 Å². The molecule has 0 aromatic heterocycles. The zero-order valence-electron chi connectivity index (χ0n) is 18.8. The van der Waals surface area contributed by atoms with E-state index in [-0.39, 0.29) is 17.6 Å². The number of benzene rings is 6. The summed E-state index contributed by atoms with van der Waals surface area (Å²) in [6.45, 7) is 2.45. The highest BCUT2D eigenvalue weighted by Gasteiger charge is 2.25. The summed E-state index contributed by atoms with van der Waals surface area (Å²) in [6.07, 6.45) is 0.315. The summed E-state index contributed by atoms with van der Waals surface area (Å²) in [5, 5.41) is 13.4. The number of fused-ring (bicyclic) bond motifs is 6. The van der Waals surface area contributed by atoms with Crippen molar-refractivity contribution in [2.24, 2.45) is 0 Å². The Labute approximate surface area is 199 Å². The first kappa shape index (κ1) is 19.7. The Bertz CT molecular complexity index is 1710. The van der Waals surface area contributed by atoms with Gasteiger partial charge in [0.05, 0.1) is 6.10 Å². The molecule has 1 heterocycles. The standard InChI is InChI=1S/C29H26OSi3/c1-33-30-28(17-31-32-33)29-24-9-5-4-8-20(24)15-27-25(29)11-10-21-14-22-12-18-6-2-3-7-19(18)13-23(22)16-26(21)27/h2-16,28,33H,17,31-32H2,1H3. The van der Waals surface area contributed by atoms with E-state index in [2.05, 4.69) is 97.5 Å². The molecule has 0 aliphatic carbocycles. The van der Waals surface area contributed by atoms with Crippen LogP contribution < -0.4 is 0 Å². The Hall–Kier alpha value is -2.77. The van der Waals surface area contributed by atoms with E-state index < -0.39 is 8.56 Å². The van der Waals surface area contributed by atoms with Crippen molar-refractivity contribution in [2.45, 2.75) is 18.7 Å². The van der Waals surface area contributed by atoms with Crippen molar-refractivity contribution in [1.82, 2.24) is 0 Å². The summed E-state index contributed by atoms with van der Waals surface area (Å²) in [5.74, 6) is 0. The van der Waals surface area contributed by atoms with E-state index in [9.17, 15) is 0 Å². The monoisotopic (exact) mass is 474 g/mol. The minimum atomic E-state index is -0.889. The zero-order valence-corrected chi connectivity index (χ0v) is 22.8. The van der Waals surface area contributed by atoms with Crippen LogP contribution >= 0.6 is 0 Å². The Balaban J connectivity index is 1.57. The van der Waals surface area contributed by atoms with Gasteiger partial charge < -0.3 is 4.43 Å². The fourth-order valence-electron chi connectivity index (χ4n) is 5.91. The third-order valence-corrected chi connectivity index (χ3v) is 26.9. The molecule has 0 bridgehead atoms. The van der Waals surface area contributed by atoms with Crippen LogP contribution in [0.3, 0.4) is 0 Å². The quantitative estimate of drug-likeness (QED) is 0.160. The molecule has 7 rings (SSSR count). The fraction of sp³-hybridized carbons (Fsp3) is 0.103. The van der Waals surface area contributed by atoms with Gasteiger partial charge in [0.1, 0.15) is 0 Å². The zero-order chi connectivity index (χ0) is 21.9. The topological polar surface area (TPSA) is 9.23 Å². The molecule has 160 valence electrons. The van der Waals surface area contributed by atoms with Gasteiger partial charge in [-0.25, -0.2) is 0 Å². The van der Waals surface area contributed by atoms with E-state index in [1.54, 1.807) is 0 Å². The van der Waals surface area contributed by atoms with Gasteiger partial charge in [-0.3, -0.25) is 0 Å². The fourth-order valence-corrected chi connectivity index (χ4v) is 21.9. The molecule has 6 aromatic carbocycles. The van der Waals surface area contributed by atoms with Crippen molar-refractivity contribution in [2.75, 3.05) is 0 Å². The molecule has 1 nitrogen and oxygen atoms in total. The molecule has 1 fully saturated rings. The van der Waals surface area contributed by atoms with Gasteiger partial charge in [0.2, 0.25) is 0 Å². The number of hydrogen-bond donors (Lipinski definition) is 0. The van der Waals surface area contributed by atoms with E-state index in [4.69, 9.17) is 4.43 Å². The van der Waals surface area contributed by atoms with Crippen molar-refractivity contribution in [3.8, 4) is 0 Å². The van der Waals surface area contributed by atoms with Gasteiger partial charge >= 0.3 is 0 Å². The highest BCUT2D eigenvalue weighted by molar-refractivity contribution is 7.34. The highest BCUT2D eigenvalue weighted by Crippen LogP contribution is 2.40. The lowest BCUT2D eigenvalue weighted by molar-refractivity contribution is 0.238. The van der Waals surface area contributed by atoms with E-state index in [1.807, 2.05) is 0 Å². The molecule has 0 saturated carbocycles. The lowest BCUT2D eigenvalue weighted by Gasteiger charge is -2.29. The van der Waals surface area contributed by atoms with Gasteiger partial charge in [0, 0.05) is 17.6 Å². The molecule has 0 amide bonds. The Kier molecular flexibility index (Phi) is 4.55. The number of rotatable bonds is 1. The second-order valence-corrected chi connectivity index (χ2v) is 25.9. The Morgan fingerprint density at radius 2 is 1.27 bits per heavy atom. The smallest absolute Gasteiger partial charge is 0.153 e. The summed E-state index contributed by atoms with van der Waals surface area (Å²) < 4.78 is 6.75. The maximum atomic E-state index is 6.75. The van der Waals surface area contributed by atoms with Crippen LogP contribution in [0.2, 0.25) is 12.6 Å². The third kappa shape index (κ3) is 3.21. The molecule has 6 aromatic rings. The van der Waals surface area contributed by atoms with E-state index in [1.165, 1.54) is 65.5 Å². The van der Waals surface area contributed by atoms with Gasteiger partial charge in [-0.2, -0.15) is 0 Å². The molecule has 0 radical (unpaired) electrons. The number of hydrogen-bond acceptors (Lipinski definition) is 1. The summed E-state index contributed by atoms with van der Waals surface area (Å²) in [4.78, 5) is 0. The van der Waals surface area contributed by atoms with Crippen molar-refractivity contribution >= 4 is 80.0 Å². The van der Waals surface area contributed by atoms with E-state index in [0.717, 1.165) is 0 Å². The summed E-state index contributed by atoms with van der Waals surface area (Å²) in [5.41, 5.74) is 1.46. The van der Waals surface area contributed by atoms with E-state index in [0.29, 0.717) is 6.10 Å². The molecule has 2 unspecified atom stereocenters. The normalized spacial score (nSPS) is 20.6. The van der Waals surface area contributed by atoms with Gasteiger partial charge in [0.25, 0.3) is 0 Å². The molecule has 1 aliphatic heterocycles. The van der Waals surface area contributed by atoms with E-state index >= 15 is 0 Å². The molecule has 33 heavy (non-hydrogen) atoms. The molecular formula is C29H26OSi3. The first-order chi connectivity index (χ1) is 16.2. The van der Waals surface area contributed by atoms with Crippen molar-refractivity contribution in [3.63, 3.8) is 0 Å². The molecule has 0 spiro atoms. The first-order valence-corrected chi connectivity index (χ1v) is 22.0.